The molecule has 8 heteroatoms. The molecule has 8 nitrogen and oxygen atoms in total. The number of hydrogen-bond donors (Lipinski definition) is 1. The van der Waals surface area contributed by atoms with Crippen molar-refractivity contribution in [3.63, 3.8) is 0 Å². The molecule has 1 N–H and O–H groups in total. The highest BCUT2D eigenvalue weighted by atomic mass is 16.6. The lowest BCUT2D eigenvalue weighted by atomic mass is 10.2. The summed E-state index contributed by atoms with van der Waals surface area (Å²) in [5.74, 6) is -1.87. The molecule has 25 heavy (non-hydrogen) atoms. The van der Waals surface area contributed by atoms with E-state index in [4.69, 9.17) is 9.47 Å². The van der Waals surface area contributed by atoms with Crippen molar-refractivity contribution in [2.75, 3.05) is 26.2 Å². The normalized spacial score (nSPS) is 21.1. The molecule has 1 atom stereocenters. The summed E-state index contributed by atoms with van der Waals surface area (Å²) in [5.41, 5.74) is -0.626. The van der Waals surface area contributed by atoms with Crippen LogP contribution >= 0.6 is 0 Å². The van der Waals surface area contributed by atoms with Crippen molar-refractivity contribution in [1.29, 1.82) is 0 Å². The zero-order valence-electron chi connectivity index (χ0n) is 15.2. The first-order chi connectivity index (χ1) is 11.6. The molecule has 0 aromatic rings. The summed E-state index contributed by atoms with van der Waals surface area (Å²) in [5, 5.41) is 9.91. The van der Waals surface area contributed by atoms with Crippen molar-refractivity contribution in [1.82, 2.24) is 9.80 Å². The van der Waals surface area contributed by atoms with E-state index in [1.54, 1.807) is 32.6 Å². The molecule has 2 aliphatic rings. The van der Waals surface area contributed by atoms with Crippen molar-refractivity contribution < 1.29 is 29.0 Å². The number of aliphatic hydroxyl groups is 1. The van der Waals surface area contributed by atoms with Crippen molar-refractivity contribution in [2.45, 2.75) is 52.2 Å². The minimum Gasteiger partial charge on any atom is -0.503 e. The number of hydrogen-bond acceptors (Lipinski definition) is 6. The molecule has 140 valence electrons. The second-order valence-electron chi connectivity index (χ2n) is 7.20. The summed E-state index contributed by atoms with van der Waals surface area (Å²) in [6, 6.07) is -0.201. The largest absolute Gasteiger partial charge is 0.503 e. The van der Waals surface area contributed by atoms with Gasteiger partial charge in [0.2, 0.25) is 0 Å². The van der Waals surface area contributed by atoms with E-state index in [1.807, 2.05) is 0 Å². The number of nitrogens with zero attached hydrogens (tertiary/aromatic N) is 2. The molecule has 0 spiro atoms. The summed E-state index contributed by atoms with van der Waals surface area (Å²) < 4.78 is 10.3. The second-order valence-corrected chi connectivity index (χ2v) is 7.20. The number of esters is 1. The number of ether oxygens (including phenoxy) is 2. The third-order valence-corrected chi connectivity index (χ3v) is 4.08. The lowest BCUT2D eigenvalue weighted by Crippen LogP contribution is -2.46. The third-order valence-electron chi connectivity index (χ3n) is 4.08. The van der Waals surface area contributed by atoms with E-state index in [9.17, 15) is 19.5 Å². The second kappa shape index (κ2) is 7.33. The molecule has 2 aliphatic heterocycles. The number of carbonyl (C=O) groups excluding carboxylic acids is 3. The van der Waals surface area contributed by atoms with Crippen LogP contribution in [-0.2, 0) is 19.1 Å². The smallest absolute Gasteiger partial charge is 0.410 e. The Hall–Kier alpha value is -2.25. The number of amides is 2. The van der Waals surface area contributed by atoms with E-state index in [2.05, 4.69) is 0 Å². The number of likely N-dealkylation sites (tertiary alicyclic amines) is 1. The average molecular weight is 354 g/mol. The Labute approximate surface area is 147 Å². The van der Waals surface area contributed by atoms with Crippen LogP contribution in [-0.4, -0.2) is 70.8 Å². The maximum atomic E-state index is 12.3. The van der Waals surface area contributed by atoms with E-state index >= 15 is 0 Å². The van der Waals surface area contributed by atoms with Gasteiger partial charge in [-0.1, -0.05) is 0 Å². The maximum absolute atomic E-state index is 12.3. The van der Waals surface area contributed by atoms with Crippen molar-refractivity contribution in [3.8, 4) is 0 Å². The van der Waals surface area contributed by atoms with Gasteiger partial charge >= 0.3 is 12.1 Å². The summed E-state index contributed by atoms with van der Waals surface area (Å²) in [6.45, 7) is 8.01. The molecule has 0 aromatic carbocycles. The van der Waals surface area contributed by atoms with E-state index < -0.39 is 29.3 Å². The summed E-state index contributed by atoms with van der Waals surface area (Å²) in [7, 11) is 0. The Balaban J connectivity index is 2.01. The van der Waals surface area contributed by atoms with Crippen LogP contribution in [0, 0.1) is 0 Å². The maximum Gasteiger partial charge on any atom is 0.410 e. The van der Waals surface area contributed by atoms with Crippen LogP contribution in [0.25, 0.3) is 0 Å². The predicted octanol–water partition coefficient (Wildman–Crippen LogP) is 1.60. The van der Waals surface area contributed by atoms with Gasteiger partial charge in [0.25, 0.3) is 5.91 Å². The molecule has 2 heterocycles. The highest BCUT2D eigenvalue weighted by Gasteiger charge is 2.39. The van der Waals surface area contributed by atoms with Crippen molar-refractivity contribution in [3.05, 3.63) is 11.3 Å². The van der Waals surface area contributed by atoms with Gasteiger partial charge in [0.15, 0.2) is 5.76 Å². The highest BCUT2D eigenvalue weighted by Crippen LogP contribution is 2.25. The molecule has 2 amide bonds. The third kappa shape index (κ3) is 4.43. The van der Waals surface area contributed by atoms with Gasteiger partial charge in [-0.25, -0.2) is 9.59 Å². The van der Waals surface area contributed by atoms with E-state index in [1.165, 1.54) is 4.90 Å². The molecule has 1 saturated heterocycles. The molecule has 1 fully saturated rings. The Morgan fingerprint density at radius 2 is 2.00 bits per heavy atom. The molecule has 0 aliphatic carbocycles. The summed E-state index contributed by atoms with van der Waals surface area (Å²) >= 11 is 0. The van der Waals surface area contributed by atoms with Crippen LogP contribution in [0.15, 0.2) is 11.3 Å². The van der Waals surface area contributed by atoms with Crippen molar-refractivity contribution >= 4 is 18.0 Å². The standard InChI is InChI=1S/C17H26N2O6/c1-5-24-15(22)12-10-18(14(21)13(12)20)9-11-7-6-8-19(11)16(23)25-17(2,3)4/h11,20H,5-10H2,1-4H3. The molecule has 0 radical (unpaired) electrons. The fourth-order valence-electron chi connectivity index (χ4n) is 2.98. The first-order valence-electron chi connectivity index (χ1n) is 8.52. The molecular weight excluding hydrogens is 328 g/mol. The van der Waals surface area contributed by atoms with Gasteiger partial charge in [-0.05, 0) is 40.5 Å². The Morgan fingerprint density at radius 3 is 2.60 bits per heavy atom. The minimum absolute atomic E-state index is 0.0117. The van der Waals surface area contributed by atoms with E-state index in [-0.39, 0.29) is 31.3 Å². The van der Waals surface area contributed by atoms with Crippen LogP contribution < -0.4 is 0 Å². The van der Waals surface area contributed by atoms with Gasteiger partial charge in [0.1, 0.15) is 11.2 Å². The fraction of sp³-hybridized carbons (Fsp3) is 0.706. The van der Waals surface area contributed by atoms with E-state index in [0.717, 1.165) is 12.8 Å². The first kappa shape index (κ1) is 19.1. The lowest BCUT2D eigenvalue weighted by Gasteiger charge is -2.30. The van der Waals surface area contributed by atoms with Crippen LogP contribution in [0.2, 0.25) is 0 Å². The highest BCUT2D eigenvalue weighted by molar-refractivity contribution is 6.05. The van der Waals surface area contributed by atoms with Crippen molar-refractivity contribution in [2.24, 2.45) is 0 Å². The number of rotatable bonds is 4. The minimum atomic E-state index is -0.689. The topological polar surface area (TPSA) is 96.4 Å². The molecule has 0 saturated carbocycles. The van der Waals surface area contributed by atoms with Crippen LogP contribution in [0.5, 0.6) is 0 Å². The van der Waals surface area contributed by atoms with Crippen LogP contribution in [0.4, 0.5) is 4.79 Å². The predicted molar refractivity (Wildman–Crippen MR) is 88.8 cm³/mol. The van der Waals surface area contributed by atoms with Gasteiger partial charge in [-0.3, -0.25) is 4.79 Å². The zero-order chi connectivity index (χ0) is 18.8. The Bertz CT molecular complexity index is 592. The SMILES string of the molecule is CCOC(=O)C1=C(O)C(=O)N(CC2CCCN2C(=O)OC(C)(C)C)C1. The summed E-state index contributed by atoms with van der Waals surface area (Å²) in [6.07, 6.45) is 1.14. The monoisotopic (exact) mass is 354 g/mol. The number of carbonyl (C=O) groups is 3. The van der Waals surface area contributed by atoms with Gasteiger partial charge < -0.3 is 24.4 Å². The molecular formula is C17H26N2O6. The van der Waals surface area contributed by atoms with Crippen LogP contribution in [0.1, 0.15) is 40.5 Å². The fourth-order valence-corrected chi connectivity index (χ4v) is 2.98. The van der Waals surface area contributed by atoms with Gasteiger partial charge in [0, 0.05) is 13.1 Å². The molecule has 2 rings (SSSR count). The zero-order valence-corrected chi connectivity index (χ0v) is 15.2. The number of aliphatic hydroxyl groups excluding tert-OH is 1. The Morgan fingerprint density at radius 1 is 1.32 bits per heavy atom. The molecule has 1 unspecified atom stereocenters. The van der Waals surface area contributed by atoms with Gasteiger partial charge in [-0.15, -0.1) is 0 Å². The van der Waals surface area contributed by atoms with Crippen LogP contribution in [0.3, 0.4) is 0 Å². The van der Waals surface area contributed by atoms with E-state index in [0.29, 0.717) is 6.54 Å². The molecule has 0 bridgehead atoms. The molecule has 0 aromatic heterocycles. The Kier molecular flexibility index (Phi) is 5.59. The quantitative estimate of drug-likeness (QED) is 0.771. The first-order valence-corrected chi connectivity index (χ1v) is 8.52. The average Bonchev–Trinajstić information content (AvgIpc) is 3.06. The lowest BCUT2D eigenvalue weighted by molar-refractivity contribution is -0.138. The van der Waals surface area contributed by atoms with Gasteiger partial charge in [-0.2, -0.15) is 0 Å². The summed E-state index contributed by atoms with van der Waals surface area (Å²) in [4.78, 5) is 39.3. The van der Waals surface area contributed by atoms with Gasteiger partial charge in [0.05, 0.1) is 19.2 Å².